The van der Waals surface area contributed by atoms with Crippen molar-refractivity contribution in [2.24, 2.45) is 0 Å². The van der Waals surface area contributed by atoms with Gasteiger partial charge >= 0.3 is 0 Å². The van der Waals surface area contributed by atoms with Gasteiger partial charge in [-0.2, -0.15) is 5.10 Å². The lowest BCUT2D eigenvalue weighted by Gasteiger charge is -2.12. The number of halogens is 1. The van der Waals surface area contributed by atoms with Crippen LogP contribution in [0.25, 0.3) is 28.0 Å². The van der Waals surface area contributed by atoms with E-state index >= 15 is 0 Å². The molecule has 2 aliphatic carbocycles. The molecule has 0 unspecified atom stereocenters. The first-order valence-corrected chi connectivity index (χ1v) is 11.9. The van der Waals surface area contributed by atoms with E-state index < -0.39 is 0 Å². The molecule has 8 heteroatoms. The van der Waals surface area contributed by atoms with Crippen molar-refractivity contribution >= 4 is 28.9 Å². The molecule has 0 radical (unpaired) electrons. The third kappa shape index (κ3) is 4.09. The van der Waals surface area contributed by atoms with Gasteiger partial charge < -0.3 is 15.7 Å². The van der Waals surface area contributed by atoms with E-state index in [2.05, 4.69) is 15.6 Å². The van der Waals surface area contributed by atoms with Crippen molar-refractivity contribution in [2.45, 2.75) is 50.6 Å². The SMILES string of the molecule is Oc1ccc(-c2nn3c(NC4CC4)cc(Cl)cc3c2-c2ccnc(NC3CCCC3)n2)cc1. The molecule has 6 rings (SSSR count). The molecule has 0 aliphatic heterocycles. The average molecular weight is 461 g/mol. The number of hydrogen-bond acceptors (Lipinski definition) is 6. The topological polar surface area (TPSA) is 87.4 Å². The molecule has 3 aromatic heterocycles. The Morgan fingerprint density at radius 1 is 0.939 bits per heavy atom. The molecule has 0 bridgehead atoms. The van der Waals surface area contributed by atoms with Gasteiger partial charge in [-0.25, -0.2) is 14.5 Å². The van der Waals surface area contributed by atoms with E-state index in [1.54, 1.807) is 18.3 Å². The summed E-state index contributed by atoms with van der Waals surface area (Å²) in [5.74, 6) is 1.71. The Kier molecular flexibility index (Phi) is 5.06. The van der Waals surface area contributed by atoms with Gasteiger partial charge in [0, 0.05) is 28.9 Å². The second-order valence-corrected chi connectivity index (χ2v) is 9.37. The van der Waals surface area contributed by atoms with Gasteiger partial charge in [0.15, 0.2) is 0 Å². The van der Waals surface area contributed by atoms with Crippen LogP contribution in [0, 0.1) is 0 Å². The van der Waals surface area contributed by atoms with Gasteiger partial charge in [-0.3, -0.25) is 0 Å². The van der Waals surface area contributed by atoms with Crippen LogP contribution < -0.4 is 10.6 Å². The van der Waals surface area contributed by atoms with Crippen LogP contribution in [-0.4, -0.2) is 36.8 Å². The summed E-state index contributed by atoms with van der Waals surface area (Å²) in [6.07, 6.45) is 8.86. The normalized spacial score (nSPS) is 16.4. The molecule has 2 aliphatic rings. The maximum atomic E-state index is 9.81. The summed E-state index contributed by atoms with van der Waals surface area (Å²) in [5.41, 5.74) is 4.21. The minimum absolute atomic E-state index is 0.216. The molecule has 3 heterocycles. The average Bonchev–Trinajstić information content (AvgIpc) is 3.32. The number of aromatic nitrogens is 4. The van der Waals surface area contributed by atoms with Gasteiger partial charge in [0.05, 0.1) is 16.8 Å². The molecule has 4 aromatic rings. The van der Waals surface area contributed by atoms with E-state index in [-0.39, 0.29) is 5.75 Å². The van der Waals surface area contributed by atoms with Crippen LogP contribution >= 0.6 is 11.6 Å². The maximum absolute atomic E-state index is 9.81. The number of pyridine rings is 1. The monoisotopic (exact) mass is 460 g/mol. The molecular weight excluding hydrogens is 436 g/mol. The van der Waals surface area contributed by atoms with Crippen LogP contribution in [0.3, 0.4) is 0 Å². The zero-order valence-electron chi connectivity index (χ0n) is 18.1. The summed E-state index contributed by atoms with van der Waals surface area (Å²) in [6, 6.07) is 13.7. The second kappa shape index (κ2) is 8.23. The fourth-order valence-corrected chi connectivity index (χ4v) is 4.75. The van der Waals surface area contributed by atoms with Crippen molar-refractivity contribution in [2.75, 3.05) is 10.6 Å². The minimum Gasteiger partial charge on any atom is -0.508 e. The summed E-state index contributed by atoms with van der Waals surface area (Å²) < 4.78 is 1.91. The zero-order chi connectivity index (χ0) is 22.4. The number of fused-ring (bicyclic) bond motifs is 1. The highest BCUT2D eigenvalue weighted by atomic mass is 35.5. The lowest BCUT2D eigenvalue weighted by atomic mass is 10.0. The smallest absolute Gasteiger partial charge is 0.223 e. The van der Waals surface area contributed by atoms with Crippen molar-refractivity contribution in [3.8, 4) is 28.3 Å². The van der Waals surface area contributed by atoms with Crippen molar-refractivity contribution in [1.82, 2.24) is 19.6 Å². The Labute approximate surface area is 196 Å². The number of aromatic hydroxyl groups is 1. The fourth-order valence-electron chi connectivity index (χ4n) is 4.55. The minimum atomic E-state index is 0.216. The summed E-state index contributed by atoms with van der Waals surface area (Å²) in [5, 5.41) is 22.5. The molecule has 0 spiro atoms. The number of phenols is 1. The van der Waals surface area contributed by atoms with Gasteiger partial charge in [-0.1, -0.05) is 24.4 Å². The molecule has 0 saturated heterocycles. The first-order valence-electron chi connectivity index (χ1n) is 11.5. The van der Waals surface area contributed by atoms with Gasteiger partial charge in [0.1, 0.15) is 17.3 Å². The summed E-state index contributed by atoms with van der Waals surface area (Å²) >= 11 is 6.55. The van der Waals surface area contributed by atoms with Gasteiger partial charge in [0.2, 0.25) is 5.95 Å². The maximum Gasteiger partial charge on any atom is 0.223 e. The molecule has 168 valence electrons. The summed E-state index contributed by atoms with van der Waals surface area (Å²) in [6.45, 7) is 0. The van der Waals surface area contributed by atoms with Crippen LogP contribution in [0.2, 0.25) is 5.02 Å². The Balaban J connectivity index is 1.52. The van der Waals surface area contributed by atoms with E-state index in [1.165, 1.54) is 12.8 Å². The molecule has 2 fully saturated rings. The standard InChI is InChI=1S/C25H25ClN6O/c26-16-13-21-23(20-11-12-27-25(30-20)29-17-3-1-2-4-17)24(15-5-9-19(33)10-6-15)31-32(21)22(14-16)28-18-7-8-18/h5-6,9-14,17-18,28,33H,1-4,7-8H2,(H,27,29,30). The van der Waals surface area contributed by atoms with Gasteiger partial charge in [0.25, 0.3) is 0 Å². The van der Waals surface area contributed by atoms with E-state index in [0.717, 1.165) is 59.5 Å². The number of hydrogen-bond donors (Lipinski definition) is 3. The van der Waals surface area contributed by atoms with Gasteiger partial charge in [-0.05, 0) is 68.1 Å². The molecule has 3 N–H and O–H groups in total. The molecule has 33 heavy (non-hydrogen) atoms. The highest BCUT2D eigenvalue weighted by molar-refractivity contribution is 6.31. The van der Waals surface area contributed by atoms with Crippen LogP contribution in [-0.2, 0) is 0 Å². The Morgan fingerprint density at radius 2 is 1.70 bits per heavy atom. The molecular formula is C25H25ClN6O. The number of nitrogens with one attached hydrogen (secondary N) is 2. The van der Waals surface area contributed by atoms with Crippen molar-refractivity contribution in [3.05, 3.63) is 53.7 Å². The third-order valence-corrected chi connectivity index (χ3v) is 6.59. The number of rotatable bonds is 6. The first kappa shape index (κ1) is 20.3. The lowest BCUT2D eigenvalue weighted by molar-refractivity contribution is 0.475. The van der Waals surface area contributed by atoms with E-state index in [1.807, 2.05) is 34.8 Å². The first-order chi connectivity index (χ1) is 16.1. The highest BCUT2D eigenvalue weighted by Gasteiger charge is 2.25. The van der Waals surface area contributed by atoms with Crippen molar-refractivity contribution in [3.63, 3.8) is 0 Å². The van der Waals surface area contributed by atoms with Gasteiger partial charge in [-0.15, -0.1) is 0 Å². The largest absolute Gasteiger partial charge is 0.508 e. The summed E-state index contributed by atoms with van der Waals surface area (Å²) in [4.78, 5) is 9.35. The predicted molar refractivity (Wildman–Crippen MR) is 131 cm³/mol. The number of anilines is 2. The Morgan fingerprint density at radius 3 is 2.45 bits per heavy atom. The van der Waals surface area contributed by atoms with Crippen LogP contribution in [0.1, 0.15) is 38.5 Å². The van der Waals surface area contributed by atoms with Crippen LogP contribution in [0.5, 0.6) is 5.75 Å². The number of phenolic OH excluding ortho intramolecular Hbond substituents is 1. The van der Waals surface area contributed by atoms with Crippen LogP contribution in [0.15, 0.2) is 48.7 Å². The van der Waals surface area contributed by atoms with Crippen LogP contribution in [0.4, 0.5) is 11.8 Å². The van der Waals surface area contributed by atoms with E-state index in [4.69, 9.17) is 21.7 Å². The van der Waals surface area contributed by atoms with E-state index in [9.17, 15) is 5.11 Å². The van der Waals surface area contributed by atoms with E-state index in [0.29, 0.717) is 23.1 Å². The number of nitrogens with zero attached hydrogens (tertiary/aromatic N) is 4. The third-order valence-electron chi connectivity index (χ3n) is 6.37. The number of benzene rings is 1. The molecule has 2 saturated carbocycles. The molecule has 0 amide bonds. The van der Waals surface area contributed by atoms with Crippen molar-refractivity contribution in [1.29, 1.82) is 0 Å². The predicted octanol–water partition coefficient (Wildman–Crippen LogP) is 5.75. The molecule has 0 atom stereocenters. The summed E-state index contributed by atoms with van der Waals surface area (Å²) in [7, 11) is 0. The Hall–Kier alpha value is -3.32. The Bertz CT molecular complexity index is 1310. The van der Waals surface area contributed by atoms with Crippen molar-refractivity contribution < 1.29 is 5.11 Å². The fraction of sp³-hybridized carbons (Fsp3) is 0.320. The highest BCUT2D eigenvalue weighted by Crippen LogP contribution is 2.38. The molecule has 7 nitrogen and oxygen atoms in total. The lowest BCUT2D eigenvalue weighted by Crippen LogP contribution is -2.16. The quantitative estimate of drug-likeness (QED) is 0.340. The zero-order valence-corrected chi connectivity index (χ0v) is 18.9. The second-order valence-electron chi connectivity index (χ2n) is 8.94. The molecule has 1 aromatic carbocycles.